The maximum atomic E-state index is 12.6. The van der Waals surface area contributed by atoms with Crippen molar-refractivity contribution in [3.63, 3.8) is 0 Å². The predicted octanol–water partition coefficient (Wildman–Crippen LogP) is 2.36. The van der Waals surface area contributed by atoms with Crippen molar-refractivity contribution in [1.29, 1.82) is 0 Å². The standard InChI is InChI=1S/C16H23N3O2/c1-3-16(8-10-17-11-9-16)15(21)19-14-6-4-13(5-7-14)18-12(2)20/h4-7,17H,3,8-11H2,1-2H3,(H,18,20)(H,19,21). The van der Waals surface area contributed by atoms with Gasteiger partial charge in [-0.2, -0.15) is 0 Å². The van der Waals surface area contributed by atoms with E-state index in [0.29, 0.717) is 0 Å². The molecule has 0 atom stereocenters. The molecule has 114 valence electrons. The number of carbonyl (C=O) groups excluding carboxylic acids is 2. The molecule has 2 amide bonds. The Hall–Kier alpha value is -1.88. The normalized spacial score (nSPS) is 17.0. The molecule has 5 heteroatoms. The highest BCUT2D eigenvalue weighted by atomic mass is 16.2. The first-order valence-corrected chi connectivity index (χ1v) is 7.45. The van der Waals surface area contributed by atoms with E-state index >= 15 is 0 Å². The van der Waals surface area contributed by atoms with Crippen LogP contribution in [-0.2, 0) is 9.59 Å². The van der Waals surface area contributed by atoms with Gasteiger partial charge in [-0.25, -0.2) is 0 Å². The molecule has 3 N–H and O–H groups in total. The van der Waals surface area contributed by atoms with Crippen LogP contribution in [0.15, 0.2) is 24.3 Å². The second-order valence-corrected chi connectivity index (χ2v) is 5.60. The van der Waals surface area contributed by atoms with E-state index in [1.54, 1.807) is 12.1 Å². The van der Waals surface area contributed by atoms with E-state index < -0.39 is 0 Å². The molecule has 1 saturated heterocycles. The minimum absolute atomic E-state index is 0.0961. The summed E-state index contributed by atoms with van der Waals surface area (Å²) < 4.78 is 0. The molecular formula is C16H23N3O2. The summed E-state index contributed by atoms with van der Waals surface area (Å²) in [6, 6.07) is 7.21. The molecule has 2 rings (SSSR count). The van der Waals surface area contributed by atoms with Crippen molar-refractivity contribution < 1.29 is 9.59 Å². The fourth-order valence-electron chi connectivity index (χ4n) is 2.75. The molecular weight excluding hydrogens is 266 g/mol. The first-order chi connectivity index (χ1) is 10.1. The van der Waals surface area contributed by atoms with E-state index in [9.17, 15) is 9.59 Å². The Morgan fingerprint density at radius 3 is 2.10 bits per heavy atom. The Kier molecular flexibility index (Phi) is 4.96. The summed E-state index contributed by atoms with van der Waals surface area (Å²) in [4.78, 5) is 23.6. The lowest BCUT2D eigenvalue weighted by atomic mass is 9.76. The number of rotatable bonds is 4. The lowest BCUT2D eigenvalue weighted by Crippen LogP contribution is -2.44. The molecule has 0 aromatic heterocycles. The highest BCUT2D eigenvalue weighted by Crippen LogP contribution is 2.34. The maximum absolute atomic E-state index is 12.6. The summed E-state index contributed by atoms with van der Waals surface area (Å²) in [6.45, 7) is 5.33. The first-order valence-electron chi connectivity index (χ1n) is 7.45. The highest BCUT2D eigenvalue weighted by molar-refractivity contribution is 5.96. The van der Waals surface area contributed by atoms with Crippen molar-refractivity contribution in [3.8, 4) is 0 Å². The van der Waals surface area contributed by atoms with Gasteiger partial charge in [0.2, 0.25) is 11.8 Å². The van der Waals surface area contributed by atoms with E-state index in [2.05, 4.69) is 22.9 Å². The molecule has 1 fully saturated rings. The molecule has 1 aliphatic heterocycles. The van der Waals surface area contributed by atoms with Crippen LogP contribution < -0.4 is 16.0 Å². The third kappa shape index (κ3) is 3.82. The summed E-state index contributed by atoms with van der Waals surface area (Å²) in [5.74, 6) is -0.00907. The zero-order valence-electron chi connectivity index (χ0n) is 12.7. The molecule has 1 aliphatic rings. The number of hydrogen-bond acceptors (Lipinski definition) is 3. The lowest BCUT2D eigenvalue weighted by Gasteiger charge is -2.35. The van der Waals surface area contributed by atoms with E-state index in [-0.39, 0.29) is 17.2 Å². The van der Waals surface area contributed by atoms with Crippen molar-refractivity contribution in [2.45, 2.75) is 33.1 Å². The third-order valence-electron chi connectivity index (χ3n) is 4.18. The van der Waals surface area contributed by atoms with Crippen molar-refractivity contribution in [3.05, 3.63) is 24.3 Å². The van der Waals surface area contributed by atoms with Gasteiger partial charge >= 0.3 is 0 Å². The van der Waals surface area contributed by atoms with Gasteiger partial charge in [0.1, 0.15) is 0 Å². The van der Waals surface area contributed by atoms with Crippen LogP contribution in [0.2, 0.25) is 0 Å². The Morgan fingerprint density at radius 2 is 1.62 bits per heavy atom. The zero-order valence-corrected chi connectivity index (χ0v) is 12.7. The number of nitrogens with one attached hydrogen (secondary N) is 3. The Bertz CT molecular complexity index is 505. The van der Waals surface area contributed by atoms with Gasteiger partial charge in [-0.15, -0.1) is 0 Å². The smallest absolute Gasteiger partial charge is 0.230 e. The number of amides is 2. The predicted molar refractivity (Wildman–Crippen MR) is 84.2 cm³/mol. The molecule has 1 aromatic carbocycles. The fraction of sp³-hybridized carbons (Fsp3) is 0.500. The highest BCUT2D eigenvalue weighted by Gasteiger charge is 2.37. The van der Waals surface area contributed by atoms with Gasteiger partial charge < -0.3 is 16.0 Å². The monoisotopic (exact) mass is 289 g/mol. The summed E-state index contributed by atoms with van der Waals surface area (Å²) in [5.41, 5.74) is 1.23. The molecule has 5 nitrogen and oxygen atoms in total. The number of benzene rings is 1. The molecule has 0 saturated carbocycles. The Morgan fingerprint density at radius 1 is 1.10 bits per heavy atom. The van der Waals surface area contributed by atoms with Gasteiger partial charge in [0, 0.05) is 18.3 Å². The third-order valence-corrected chi connectivity index (χ3v) is 4.18. The van der Waals surface area contributed by atoms with Gasteiger partial charge in [-0.05, 0) is 56.6 Å². The molecule has 0 aliphatic carbocycles. The van der Waals surface area contributed by atoms with E-state index in [1.165, 1.54) is 6.92 Å². The molecule has 1 heterocycles. The Labute approximate surface area is 125 Å². The van der Waals surface area contributed by atoms with Crippen LogP contribution in [0.25, 0.3) is 0 Å². The molecule has 21 heavy (non-hydrogen) atoms. The van der Waals surface area contributed by atoms with Crippen LogP contribution in [0.3, 0.4) is 0 Å². The van der Waals surface area contributed by atoms with Gasteiger partial charge in [-0.1, -0.05) is 6.92 Å². The Balaban J connectivity index is 2.03. The van der Waals surface area contributed by atoms with Gasteiger partial charge in [0.15, 0.2) is 0 Å². The molecule has 0 unspecified atom stereocenters. The number of hydrogen-bond donors (Lipinski definition) is 3. The van der Waals surface area contributed by atoms with E-state index in [4.69, 9.17) is 0 Å². The van der Waals surface area contributed by atoms with Crippen LogP contribution in [-0.4, -0.2) is 24.9 Å². The maximum Gasteiger partial charge on any atom is 0.230 e. The molecule has 0 bridgehead atoms. The van der Waals surface area contributed by atoms with E-state index in [0.717, 1.165) is 43.7 Å². The van der Waals surface area contributed by atoms with Gasteiger partial charge in [0.25, 0.3) is 0 Å². The second-order valence-electron chi connectivity index (χ2n) is 5.60. The summed E-state index contributed by atoms with van der Waals surface area (Å²) in [5, 5.41) is 9.01. The quantitative estimate of drug-likeness (QED) is 0.797. The summed E-state index contributed by atoms with van der Waals surface area (Å²) in [7, 11) is 0. The number of anilines is 2. The number of piperidine rings is 1. The molecule has 0 radical (unpaired) electrons. The van der Waals surface area contributed by atoms with Crippen molar-refractivity contribution >= 4 is 23.2 Å². The first kappa shape index (κ1) is 15.5. The van der Waals surface area contributed by atoms with Crippen LogP contribution in [0.1, 0.15) is 33.1 Å². The molecule has 0 spiro atoms. The minimum atomic E-state index is -0.262. The zero-order chi connectivity index (χ0) is 15.3. The second kappa shape index (κ2) is 6.72. The van der Waals surface area contributed by atoms with Crippen molar-refractivity contribution in [2.75, 3.05) is 23.7 Å². The van der Waals surface area contributed by atoms with Crippen LogP contribution >= 0.6 is 0 Å². The average molecular weight is 289 g/mol. The number of carbonyl (C=O) groups is 2. The average Bonchev–Trinajstić information content (AvgIpc) is 2.49. The van der Waals surface area contributed by atoms with E-state index in [1.807, 2.05) is 12.1 Å². The van der Waals surface area contributed by atoms with Crippen LogP contribution in [0.5, 0.6) is 0 Å². The topological polar surface area (TPSA) is 70.2 Å². The van der Waals surface area contributed by atoms with Crippen molar-refractivity contribution in [1.82, 2.24) is 5.32 Å². The molecule has 1 aromatic rings. The lowest BCUT2D eigenvalue weighted by molar-refractivity contribution is -0.127. The van der Waals surface area contributed by atoms with Crippen molar-refractivity contribution in [2.24, 2.45) is 5.41 Å². The largest absolute Gasteiger partial charge is 0.326 e. The summed E-state index contributed by atoms with van der Waals surface area (Å²) in [6.07, 6.45) is 2.60. The fourth-order valence-corrected chi connectivity index (χ4v) is 2.75. The van der Waals surface area contributed by atoms with Crippen LogP contribution in [0.4, 0.5) is 11.4 Å². The van der Waals surface area contributed by atoms with Gasteiger partial charge in [-0.3, -0.25) is 9.59 Å². The minimum Gasteiger partial charge on any atom is -0.326 e. The summed E-state index contributed by atoms with van der Waals surface area (Å²) >= 11 is 0. The SMILES string of the molecule is CCC1(C(=O)Nc2ccc(NC(C)=O)cc2)CCNCC1. The van der Waals surface area contributed by atoms with Crippen LogP contribution in [0, 0.1) is 5.41 Å². The van der Waals surface area contributed by atoms with Gasteiger partial charge in [0.05, 0.1) is 5.41 Å².